The zero-order valence-corrected chi connectivity index (χ0v) is 13.2. The number of hydrogen-bond donors (Lipinski definition) is 0. The van der Waals surface area contributed by atoms with Crippen LogP contribution in [0.2, 0.25) is 0 Å². The quantitative estimate of drug-likeness (QED) is 0.745. The number of aryl methyl sites for hydroxylation is 1. The van der Waals surface area contributed by atoms with Crippen molar-refractivity contribution in [3.63, 3.8) is 0 Å². The highest BCUT2D eigenvalue weighted by molar-refractivity contribution is 5.77. The first-order valence-corrected chi connectivity index (χ1v) is 7.70. The second kappa shape index (κ2) is 5.07. The summed E-state index contributed by atoms with van der Waals surface area (Å²) in [6.07, 6.45) is 6.61. The van der Waals surface area contributed by atoms with Crippen LogP contribution in [0, 0.1) is 0 Å². The number of allylic oxidation sites excluding steroid dienone is 4. The Morgan fingerprint density at radius 1 is 1.38 bits per heavy atom. The van der Waals surface area contributed by atoms with Gasteiger partial charge in [0, 0.05) is 23.5 Å². The monoisotopic (exact) mass is 277 g/mol. The Morgan fingerprint density at radius 3 is 2.81 bits per heavy atom. The molecular formula is C20H23N. The van der Waals surface area contributed by atoms with E-state index >= 15 is 0 Å². The maximum Gasteiger partial charge on any atom is 0.0491 e. The molecule has 1 aromatic rings. The first-order chi connectivity index (χ1) is 10.0. The van der Waals surface area contributed by atoms with Gasteiger partial charge in [-0.15, -0.1) is 0 Å². The van der Waals surface area contributed by atoms with Crippen molar-refractivity contribution in [1.29, 1.82) is 0 Å². The van der Waals surface area contributed by atoms with Crippen molar-refractivity contribution in [3.05, 3.63) is 77.0 Å². The highest BCUT2D eigenvalue weighted by Gasteiger charge is 2.28. The van der Waals surface area contributed by atoms with Crippen LogP contribution in [0.4, 0.5) is 0 Å². The summed E-state index contributed by atoms with van der Waals surface area (Å²) < 4.78 is 0. The average Bonchev–Trinajstić information content (AvgIpc) is 2.46. The smallest absolute Gasteiger partial charge is 0.0491 e. The predicted molar refractivity (Wildman–Crippen MR) is 90.8 cm³/mol. The van der Waals surface area contributed by atoms with Crippen molar-refractivity contribution < 1.29 is 0 Å². The molecule has 3 rings (SSSR count). The molecule has 0 N–H and O–H groups in total. The number of rotatable bonds is 2. The van der Waals surface area contributed by atoms with Crippen LogP contribution in [0.15, 0.2) is 60.4 Å². The molecule has 1 aromatic carbocycles. The van der Waals surface area contributed by atoms with Crippen LogP contribution in [0.25, 0.3) is 5.70 Å². The normalized spacial score (nSPS) is 20.4. The van der Waals surface area contributed by atoms with Crippen LogP contribution in [-0.2, 0) is 12.8 Å². The van der Waals surface area contributed by atoms with Gasteiger partial charge >= 0.3 is 0 Å². The van der Waals surface area contributed by atoms with Crippen molar-refractivity contribution >= 4 is 5.70 Å². The molecule has 1 heteroatoms. The molecule has 0 radical (unpaired) electrons. The van der Waals surface area contributed by atoms with E-state index in [1.165, 1.54) is 28.0 Å². The van der Waals surface area contributed by atoms with E-state index in [0.717, 1.165) is 24.0 Å². The van der Waals surface area contributed by atoms with Gasteiger partial charge in [0.05, 0.1) is 0 Å². The molecule has 0 aliphatic carbocycles. The van der Waals surface area contributed by atoms with Crippen LogP contribution >= 0.6 is 0 Å². The van der Waals surface area contributed by atoms with Crippen LogP contribution in [0.1, 0.15) is 37.5 Å². The van der Waals surface area contributed by atoms with E-state index in [2.05, 4.69) is 62.4 Å². The van der Waals surface area contributed by atoms with Gasteiger partial charge in [0.15, 0.2) is 0 Å². The molecule has 1 nitrogen and oxygen atoms in total. The van der Waals surface area contributed by atoms with Gasteiger partial charge in [-0.25, -0.2) is 0 Å². The fraction of sp³-hybridized carbons (Fsp3) is 0.300. The summed E-state index contributed by atoms with van der Waals surface area (Å²) >= 11 is 0. The third-order valence-corrected chi connectivity index (χ3v) is 4.51. The van der Waals surface area contributed by atoms with Crippen LogP contribution in [-0.4, -0.2) is 10.9 Å². The minimum Gasteiger partial charge on any atom is -0.344 e. The molecule has 108 valence electrons. The van der Waals surface area contributed by atoms with Crippen molar-refractivity contribution in [2.75, 3.05) is 0 Å². The van der Waals surface area contributed by atoms with Gasteiger partial charge in [0.2, 0.25) is 0 Å². The average molecular weight is 277 g/mol. The molecule has 2 aliphatic heterocycles. The van der Waals surface area contributed by atoms with E-state index in [1.807, 2.05) is 6.92 Å². The molecule has 0 saturated heterocycles. The van der Waals surface area contributed by atoms with Crippen molar-refractivity contribution in [1.82, 2.24) is 4.90 Å². The van der Waals surface area contributed by atoms with Crippen molar-refractivity contribution in [2.24, 2.45) is 0 Å². The zero-order valence-electron chi connectivity index (χ0n) is 13.2. The predicted octanol–water partition coefficient (Wildman–Crippen LogP) is 4.87. The Balaban J connectivity index is 2.13. The van der Waals surface area contributed by atoms with Gasteiger partial charge in [0.1, 0.15) is 0 Å². The Bertz CT molecular complexity index is 688. The van der Waals surface area contributed by atoms with E-state index in [1.54, 1.807) is 0 Å². The van der Waals surface area contributed by atoms with Gasteiger partial charge in [-0.2, -0.15) is 0 Å². The molecule has 1 atom stereocenters. The number of hydrogen-bond acceptors (Lipinski definition) is 1. The summed E-state index contributed by atoms with van der Waals surface area (Å²) in [5.74, 6) is 0. The first-order valence-electron chi connectivity index (χ1n) is 7.70. The lowest BCUT2D eigenvalue weighted by Crippen LogP contribution is -2.35. The van der Waals surface area contributed by atoms with Gasteiger partial charge in [-0.1, -0.05) is 32.2 Å². The lowest BCUT2D eigenvalue weighted by Gasteiger charge is -2.39. The topological polar surface area (TPSA) is 3.24 Å². The SMILES string of the molecule is C=C(C)C1=CN2C(=CC1=C)c1cc(CC)ccc1CC2C. The van der Waals surface area contributed by atoms with E-state index in [9.17, 15) is 0 Å². The minimum atomic E-state index is 0.471. The van der Waals surface area contributed by atoms with Gasteiger partial charge in [-0.3, -0.25) is 0 Å². The van der Waals surface area contributed by atoms with E-state index in [4.69, 9.17) is 0 Å². The fourth-order valence-corrected chi connectivity index (χ4v) is 3.25. The van der Waals surface area contributed by atoms with E-state index in [-0.39, 0.29) is 0 Å². The molecule has 2 heterocycles. The minimum absolute atomic E-state index is 0.471. The van der Waals surface area contributed by atoms with Gasteiger partial charge in [-0.05, 0) is 66.7 Å². The van der Waals surface area contributed by atoms with Gasteiger partial charge < -0.3 is 4.90 Å². The second-order valence-electron chi connectivity index (χ2n) is 6.18. The third kappa shape index (κ3) is 2.27. The Hall–Kier alpha value is -2.02. The van der Waals surface area contributed by atoms with Crippen molar-refractivity contribution in [3.8, 4) is 0 Å². The molecule has 21 heavy (non-hydrogen) atoms. The summed E-state index contributed by atoms with van der Waals surface area (Å²) in [7, 11) is 0. The van der Waals surface area contributed by atoms with Gasteiger partial charge in [0.25, 0.3) is 0 Å². The molecule has 0 bridgehead atoms. The molecule has 2 aliphatic rings. The maximum atomic E-state index is 4.22. The number of fused-ring (bicyclic) bond motifs is 3. The van der Waals surface area contributed by atoms with Crippen molar-refractivity contribution in [2.45, 2.75) is 39.7 Å². The third-order valence-electron chi connectivity index (χ3n) is 4.51. The largest absolute Gasteiger partial charge is 0.344 e. The molecular weight excluding hydrogens is 254 g/mol. The summed E-state index contributed by atoms with van der Waals surface area (Å²) in [5, 5.41) is 0. The second-order valence-corrected chi connectivity index (χ2v) is 6.18. The summed E-state index contributed by atoms with van der Waals surface area (Å²) in [6, 6.07) is 7.36. The standard InChI is InChI=1S/C20H23N/c1-6-16-7-8-17-10-15(5)21-12-19(13(2)3)14(4)9-20(21)18(17)11-16/h7-9,11-12,15H,2,4,6,10H2,1,3,5H3. The van der Waals surface area contributed by atoms with Crippen LogP contribution < -0.4 is 0 Å². The van der Waals surface area contributed by atoms with E-state index < -0.39 is 0 Å². The zero-order chi connectivity index (χ0) is 15.1. The lowest BCUT2D eigenvalue weighted by atomic mass is 9.86. The molecule has 0 saturated carbocycles. The highest BCUT2D eigenvalue weighted by atomic mass is 15.2. The summed E-state index contributed by atoms with van der Waals surface area (Å²) in [6.45, 7) is 14.8. The van der Waals surface area contributed by atoms with Crippen LogP contribution in [0.3, 0.4) is 0 Å². The highest BCUT2D eigenvalue weighted by Crippen LogP contribution is 2.39. The fourth-order valence-electron chi connectivity index (χ4n) is 3.25. The molecule has 0 amide bonds. The van der Waals surface area contributed by atoms with Crippen LogP contribution in [0.5, 0.6) is 0 Å². The lowest BCUT2D eigenvalue weighted by molar-refractivity contribution is 0.388. The summed E-state index contributed by atoms with van der Waals surface area (Å²) in [5.41, 5.74) is 8.80. The molecule has 0 fully saturated rings. The Morgan fingerprint density at radius 2 is 2.14 bits per heavy atom. The van der Waals surface area contributed by atoms with E-state index in [0.29, 0.717) is 6.04 Å². The Kier molecular flexibility index (Phi) is 3.36. The number of nitrogens with zero attached hydrogens (tertiary/aromatic N) is 1. The Labute approximate surface area is 128 Å². The molecule has 0 spiro atoms. The molecule has 1 unspecified atom stereocenters. The molecule has 0 aromatic heterocycles. The first kappa shape index (κ1) is 13.9. The number of benzene rings is 1. The maximum absolute atomic E-state index is 4.22. The summed E-state index contributed by atoms with van der Waals surface area (Å²) in [4.78, 5) is 2.39.